The summed E-state index contributed by atoms with van der Waals surface area (Å²) in [5.41, 5.74) is -0.0402. The number of piperidine rings is 1. The van der Waals surface area contributed by atoms with E-state index in [9.17, 15) is 9.59 Å². The van der Waals surface area contributed by atoms with Crippen molar-refractivity contribution in [2.45, 2.75) is 52.2 Å². The number of carbonyl (C=O) groups excluding carboxylic acids is 2. The lowest BCUT2D eigenvalue weighted by atomic mass is 9.98. The Morgan fingerprint density at radius 3 is 2.57 bits per heavy atom. The van der Waals surface area contributed by atoms with Gasteiger partial charge in [-0.1, -0.05) is 6.07 Å². The van der Waals surface area contributed by atoms with E-state index in [0.29, 0.717) is 31.0 Å². The fourth-order valence-corrected chi connectivity index (χ4v) is 2.82. The Hall–Kier alpha value is -2.75. The van der Waals surface area contributed by atoms with Gasteiger partial charge in [-0.25, -0.2) is 9.59 Å². The molecule has 2 rings (SSSR count). The number of benzene rings is 1. The molecule has 152 valence electrons. The van der Waals surface area contributed by atoms with Crippen LogP contribution in [-0.4, -0.2) is 48.4 Å². The molecule has 1 aromatic rings. The van der Waals surface area contributed by atoms with Gasteiger partial charge in [0, 0.05) is 13.1 Å². The monoisotopic (exact) mass is 388 g/mol. The Morgan fingerprint density at radius 1 is 1.29 bits per heavy atom. The highest BCUT2D eigenvalue weighted by molar-refractivity contribution is 5.74. The van der Waals surface area contributed by atoms with Gasteiger partial charge in [0.15, 0.2) is 6.10 Å². The average Bonchev–Trinajstić information content (AvgIpc) is 2.65. The Morgan fingerprint density at radius 2 is 1.96 bits per heavy atom. The number of esters is 1. The Balaban J connectivity index is 1.73. The highest BCUT2D eigenvalue weighted by Crippen LogP contribution is 2.20. The van der Waals surface area contributed by atoms with E-state index in [2.05, 4.69) is 0 Å². The summed E-state index contributed by atoms with van der Waals surface area (Å²) in [4.78, 5) is 25.9. The first-order valence-electron chi connectivity index (χ1n) is 9.49. The van der Waals surface area contributed by atoms with E-state index in [1.54, 1.807) is 36.1 Å². The smallest absolute Gasteiger partial charge is 0.410 e. The Bertz CT molecular complexity index is 727. The fraction of sp³-hybridized carbons (Fsp3) is 0.571. The predicted molar refractivity (Wildman–Crippen MR) is 103 cm³/mol. The van der Waals surface area contributed by atoms with E-state index in [1.807, 2.05) is 26.8 Å². The summed E-state index contributed by atoms with van der Waals surface area (Å²) < 4.78 is 16.3. The Kier molecular flexibility index (Phi) is 7.27. The molecule has 7 heteroatoms. The van der Waals surface area contributed by atoms with Gasteiger partial charge in [-0.15, -0.1) is 0 Å². The molecule has 1 atom stereocenters. The van der Waals surface area contributed by atoms with Crippen molar-refractivity contribution in [3.8, 4) is 11.8 Å². The molecule has 0 saturated carbocycles. The van der Waals surface area contributed by atoms with Crippen LogP contribution in [0.4, 0.5) is 4.79 Å². The van der Waals surface area contributed by atoms with Gasteiger partial charge in [0.25, 0.3) is 0 Å². The molecule has 1 heterocycles. The third kappa shape index (κ3) is 6.76. The van der Waals surface area contributed by atoms with Crippen molar-refractivity contribution in [2.24, 2.45) is 5.92 Å². The number of hydrogen-bond acceptors (Lipinski definition) is 6. The minimum absolute atomic E-state index is 0.205. The van der Waals surface area contributed by atoms with E-state index in [4.69, 9.17) is 19.5 Å². The third-order valence-corrected chi connectivity index (χ3v) is 4.34. The van der Waals surface area contributed by atoms with Crippen LogP contribution in [0.2, 0.25) is 0 Å². The minimum atomic E-state index is -0.768. The fourth-order valence-electron chi connectivity index (χ4n) is 2.82. The van der Waals surface area contributed by atoms with Crippen molar-refractivity contribution in [2.75, 3.05) is 19.7 Å². The number of carbonyl (C=O) groups is 2. The number of amides is 1. The molecule has 1 fully saturated rings. The summed E-state index contributed by atoms with van der Waals surface area (Å²) in [6.07, 6.45) is 0.443. The van der Waals surface area contributed by atoms with Gasteiger partial charge in [-0.2, -0.15) is 5.26 Å². The maximum absolute atomic E-state index is 12.2. The number of nitriles is 1. The summed E-state index contributed by atoms with van der Waals surface area (Å²) in [5.74, 6) is 0.211. The van der Waals surface area contributed by atoms with Gasteiger partial charge in [0.2, 0.25) is 0 Å². The molecule has 0 aromatic heterocycles. The molecule has 1 aliphatic heterocycles. The summed E-state index contributed by atoms with van der Waals surface area (Å²) in [7, 11) is 0. The highest BCUT2D eigenvalue weighted by Gasteiger charge is 2.28. The lowest BCUT2D eigenvalue weighted by Gasteiger charge is -2.33. The van der Waals surface area contributed by atoms with Crippen LogP contribution >= 0.6 is 0 Å². The summed E-state index contributed by atoms with van der Waals surface area (Å²) in [6.45, 7) is 8.62. The molecule has 1 aromatic carbocycles. The van der Waals surface area contributed by atoms with Crippen molar-refractivity contribution in [1.29, 1.82) is 5.26 Å². The van der Waals surface area contributed by atoms with Crippen LogP contribution in [0.15, 0.2) is 24.3 Å². The third-order valence-electron chi connectivity index (χ3n) is 4.34. The first-order valence-corrected chi connectivity index (χ1v) is 9.49. The maximum atomic E-state index is 12.2. The van der Waals surface area contributed by atoms with Crippen molar-refractivity contribution in [1.82, 2.24) is 4.90 Å². The van der Waals surface area contributed by atoms with Crippen LogP contribution in [-0.2, 0) is 14.3 Å². The van der Waals surface area contributed by atoms with E-state index in [0.717, 1.165) is 12.8 Å². The van der Waals surface area contributed by atoms with Crippen molar-refractivity contribution < 1.29 is 23.8 Å². The Labute approximate surface area is 166 Å². The van der Waals surface area contributed by atoms with Gasteiger partial charge >= 0.3 is 12.1 Å². The van der Waals surface area contributed by atoms with Gasteiger partial charge in [-0.3, -0.25) is 0 Å². The predicted octanol–water partition coefficient (Wildman–Crippen LogP) is 3.52. The average molecular weight is 388 g/mol. The molecule has 0 spiro atoms. The molecule has 1 aliphatic rings. The number of ether oxygens (including phenoxy) is 3. The van der Waals surface area contributed by atoms with E-state index < -0.39 is 17.7 Å². The van der Waals surface area contributed by atoms with Crippen LogP contribution in [0.25, 0.3) is 0 Å². The standard InChI is InChI=1S/C21H28N2O5/c1-15(27-18-7-5-6-17(12-18)13-22)19(24)26-14-16-8-10-23(11-9-16)20(25)28-21(2,3)4/h5-7,12,15-16H,8-11,14H2,1-4H3. The zero-order chi connectivity index (χ0) is 20.7. The molecule has 7 nitrogen and oxygen atoms in total. The van der Waals surface area contributed by atoms with Crippen molar-refractivity contribution in [3.05, 3.63) is 29.8 Å². The topological polar surface area (TPSA) is 88.9 Å². The molecule has 0 radical (unpaired) electrons. The van der Waals surface area contributed by atoms with Crippen molar-refractivity contribution in [3.63, 3.8) is 0 Å². The zero-order valence-electron chi connectivity index (χ0n) is 16.9. The number of hydrogen-bond donors (Lipinski definition) is 0. The number of nitrogens with zero attached hydrogens (tertiary/aromatic N) is 2. The highest BCUT2D eigenvalue weighted by atomic mass is 16.6. The quantitative estimate of drug-likeness (QED) is 0.717. The van der Waals surface area contributed by atoms with Gasteiger partial charge < -0.3 is 19.1 Å². The summed E-state index contributed by atoms with van der Waals surface area (Å²) in [6, 6.07) is 8.66. The number of likely N-dealkylation sites (tertiary alicyclic amines) is 1. The second kappa shape index (κ2) is 9.45. The van der Waals surface area contributed by atoms with Gasteiger partial charge in [-0.05, 0) is 64.7 Å². The molecule has 0 N–H and O–H groups in total. The largest absolute Gasteiger partial charge is 0.479 e. The minimum Gasteiger partial charge on any atom is -0.479 e. The van der Waals surface area contributed by atoms with Gasteiger partial charge in [0.05, 0.1) is 18.2 Å². The molecular weight excluding hydrogens is 360 g/mol. The molecule has 28 heavy (non-hydrogen) atoms. The van der Waals surface area contributed by atoms with Crippen molar-refractivity contribution >= 4 is 12.1 Å². The maximum Gasteiger partial charge on any atom is 0.410 e. The normalized spacial score (nSPS) is 16.0. The molecule has 1 amide bonds. The molecular formula is C21H28N2O5. The second-order valence-corrected chi connectivity index (χ2v) is 7.94. The molecule has 1 saturated heterocycles. The lowest BCUT2D eigenvalue weighted by Crippen LogP contribution is -2.42. The number of rotatable bonds is 5. The van der Waals surface area contributed by atoms with Gasteiger partial charge in [0.1, 0.15) is 11.4 Å². The second-order valence-electron chi connectivity index (χ2n) is 7.94. The molecule has 0 bridgehead atoms. The molecule has 1 unspecified atom stereocenters. The van der Waals surface area contributed by atoms with E-state index >= 15 is 0 Å². The van der Waals surface area contributed by atoms with E-state index in [-0.39, 0.29) is 12.0 Å². The lowest BCUT2D eigenvalue weighted by molar-refractivity contribution is -0.153. The SMILES string of the molecule is CC(Oc1cccc(C#N)c1)C(=O)OCC1CCN(C(=O)OC(C)(C)C)CC1. The van der Waals surface area contributed by atoms with Crippen LogP contribution in [0, 0.1) is 17.2 Å². The zero-order valence-corrected chi connectivity index (χ0v) is 16.9. The summed E-state index contributed by atoms with van der Waals surface area (Å²) >= 11 is 0. The van der Waals surface area contributed by atoms with Crippen LogP contribution in [0.5, 0.6) is 5.75 Å². The first kappa shape index (κ1) is 21.5. The first-order chi connectivity index (χ1) is 13.2. The van der Waals surface area contributed by atoms with Crippen LogP contribution in [0.1, 0.15) is 46.1 Å². The van der Waals surface area contributed by atoms with Crippen LogP contribution in [0.3, 0.4) is 0 Å². The van der Waals surface area contributed by atoms with E-state index in [1.165, 1.54) is 0 Å². The summed E-state index contributed by atoms with van der Waals surface area (Å²) in [5, 5.41) is 8.91. The van der Waals surface area contributed by atoms with Crippen LogP contribution < -0.4 is 4.74 Å². The molecule has 0 aliphatic carbocycles.